The molecule has 2 bridgehead atoms. The molecule has 0 saturated heterocycles. The largest absolute Gasteiger partial charge is 0.495 e. The average molecular weight is 273 g/mol. The zero-order valence-electron chi connectivity index (χ0n) is 13.2. The molecule has 0 spiro atoms. The van der Waals surface area contributed by atoms with Gasteiger partial charge in [-0.1, -0.05) is 33.3 Å². The third-order valence-electron chi connectivity index (χ3n) is 5.14. The highest BCUT2D eigenvalue weighted by molar-refractivity contribution is 5.59. The Labute approximate surface area is 122 Å². The highest BCUT2D eigenvalue weighted by atomic mass is 16.5. The van der Waals surface area contributed by atoms with Crippen molar-refractivity contribution in [3.8, 4) is 5.75 Å². The number of nitrogens with one attached hydrogen (secondary N) is 1. The Kier molecular flexibility index (Phi) is 3.43. The minimum absolute atomic E-state index is 0.178. The summed E-state index contributed by atoms with van der Waals surface area (Å²) in [5.74, 6) is 2.82. The van der Waals surface area contributed by atoms with Crippen molar-refractivity contribution in [2.75, 3.05) is 12.4 Å². The van der Waals surface area contributed by atoms with Crippen LogP contribution in [0.15, 0.2) is 18.2 Å². The highest BCUT2D eigenvalue weighted by Crippen LogP contribution is 2.46. The van der Waals surface area contributed by atoms with Crippen LogP contribution in [0.25, 0.3) is 0 Å². The summed E-state index contributed by atoms with van der Waals surface area (Å²) in [6.07, 6.45) is 5.62. The lowest BCUT2D eigenvalue weighted by molar-refractivity contribution is 0.409. The van der Waals surface area contributed by atoms with Crippen LogP contribution in [-0.2, 0) is 5.41 Å². The molecular formula is C18H27NO. The second-order valence-electron chi connectivity index (χ2n) is 7.59. The number of ether oxygens (including phenoxy) is 1. The monoisotopic (exact) mass is 273 g/mol. The number of methoxy groups -OCH3 is 1. The third kappa shape index (κ3) is 2.53. The Hall–Kier alpha value is -1.18. The fourth-order valence-corrected chi connectivity index (χ4v) is 3.91. The van der Waals surface area contributed by atoms with E-state index in [1.165, 1.54) is 36.9 Å². The van der Waals surface area contributed by atoms with E-state index in [1.807, 2.05) is 0 Å². The number of fused-ring (bicyclic) bond motifs is 2. The highest BCUT2D eigenvalue weighted by Gasteiger charge is 2.39. The van der Waals surface area contributed by atoms with Crippen LogP contribution in [0.5, 0.6) is 5.75 Å². The van der Waals surface area contributed by atoms with E-state index in [9.17, 15) is 0 Å². The first-order valence-electron chi connectivity index (χ1n) is 7.92. The van der Waals surface area contributed by atoms with Gasteiger partial charge in [0.2, 0.25) is 0 Å². The summed E-state index contributed by atoms with van der Waals surface area (Å²) in [5.41, 5.74) is 2.72. The fourth-order valence-electron chi connectivity index (χ4n) is 3.91. The standard InChI is InChI=1S/C18H27NO/c1-18(2,3)14-7-8-17(20-4)16(11-14)19-15-10-12-5-6-13(15)9-12/h7-8,11-13,15,19H,5-6,9-10H2,1-4H3. The van der Waals surface area contributed by atoms with E-state index >= 15 is 0 Å². The molecule has 2 aliphatic carbocycles. The first-order valence-corrected chi connectivity index (χ1v) is 7.92. The Bertz CT molecular complexity index is 489. The maximum atomic E-state index is 5.54. The van der Waals surface area contributed by atoms with Gasteiger partial charge in [-0.25, -0.2) is 0 Å². The molecule has 0 radical (unpaired) electrons. The van der Waals surface area contributed by atoms with Crippen molar-refractivity contribution in [3.63, 3.8) is 0 Å². The van der Waals surface area contributed by atoms with Crippen LogP contribution < -0.4 is 10.1 Å². The molecule has 2 fully saturated rings. The zero-order chi connectivity index (χ0) is 14.3. The minimum Gasteiger partial charge on any atom is -0.495 e. The summed E-state index contributed by atoms with van der Waals surface area (Å²) in [5, 5.41) is 3.78. The van der Waals surface area contributed by atoms with Crippen LogP contribution in [0.3, 0.4) is 0 Å². The molecule has 110 valence electrons. The van der Waals surface area contributed by atoms with Crippen LogP contribution in [0.1, 0.15) is 52.0 Å². The van der Waals surface area contributed by atoms with Crippen molar-refractivity contribution in [3.05, 3.63) is 23.8 Å². The fraction of sp³-hybridized carbons (Fsp3) is 0.667. The molecular weight excluding hydrogens is 246 g/mol. The topological polar surface area (TPSA) is 21.3 Å². The summed E-state index contributed by atoms with van der Waals surface area (Å²) < 4.78 is 5.54. The van der Waals surface area contributed by atoms with E-state index in [-0.39, 0.29) is 5.41 Å². The summed E-state index contributed by atoms with van der Waals surface area (Å²) in [6, 6.07) is 7.23. The molecule has 2 heteroatoms. The molecule has 2 saturated carbocycles. The predicted molar refractivity (Wildman–Crippen MR) is 84.6 cm³/mol. The van der Waals surface area contributed by atoms with E-state index in [1.54, 1.807) is 7.11 Å². The Morgan fingerprint density at radius 1 is 1.15 bits per heavy atom. The molecule has 0 aromatic heterocycles. The molecule has 3 atom stereocenters. The average Bonchev–Trinajstić information content (AvgIpc) is 3.00. The first-order chi connectivity index (χ1) is 9.47. The van der Waals surface area contributed by atoms with Gasteiger partial charge < -0.3 is 10.1 Å². The molecule has 0 amide bonds. The first kappa shape index (κ1) is 13.8. The van der Waals surface area contributed by atoms with E-state index in [4.69, 9.17) is 4.74 Å². The SMILES string of the molecule is COc1ccc(C(C)(C)C)cc1NC1CC2CCC1C2. The summed E-state index contributed by atoms with van der Waals surface area (Å²) >= 11 is 0. The molecule has 1 aromatic rings. The van der Waals surface area contributed by atoms with Crippen LogP contribution in [0.2, 0.25) is 0 Å². The third-order valence-corrected chi connectivity index (χ3v) is 5.14. The van der Waals surface area contributed by atoms with Gasteiger partial charge in [-0.3, -0.25) is 0 Å². The molecule has 2 aliphatic rings. The number of rotatable bonds is 3. The minimum atomic E-state index is 0.178. The molecule has 1 N–H and O–H groups in total. The second-order valence-corrected chi connectivity index (χ2v) is 7.59. The predicted octanol–water partition coefficient (Wildman–Crippen LogP) is 4.59. The Morgan fingerprint density at radius 3 is 2.50 bits per heavy atom. The van der Waals surface area contributed by atoms with Crippen LogP contribution in [0, 0.1) is 11.8 Å². The van der Waals surface area contributed by atoms with Crippen molar-refractivity contribution in [1.29, 1.82) is 0 Å². The number of hydrogen-bond donors (Lipinski definition) is 1. The smallest absolute Gasteiger partial charge is 0.141 e. The molecule has 0 heterocycles. The van der Waals surface area contributed by atoms with Crippen molar-refractivity contribution < 1.29 is 4.74 Å². The van der Waals surface area contributed by atoms with Crippen LogP contribution in [-0.4, -0.2) is 13.2 Å². The Balaban J connectivity index is 1.83. The van der Waals surface area contributed by atoms with Crippen LogP contribution in [0.4, 0.5) is 5.69 Å². The molecule has 1 aromatic carbocycles. The van der Waals surface area contributed by atoms with Gasteiger partial charge in [0.05, 0.1) is 12.8 Å². The lowest BCUT2D eigenvalue weighted by Crippen LogP contribution is -2.26. The van der Waals surface area contributed by atoms with Gasteiger partial charge in [-0.05, 0) is 54.2 Å². The lowest BCUT2D eigenvalue weighted by Gasteiger charge is -2.27. The Morgan fingerprint density at radius 2 is 1.95 bits per heavy atom. The zero-order valence-corrected chi connectivity index (χ0v) is 13.2. The van der Waals surface area contributed by atoms with E-state index in [0.717, 1.165) is 17.6 Å². The van der Waals surface area contributed by atoms with Crippen molar-refractivity contribution >= 4 is 5.69 Å². The number of anilines is 1. The van der Waals surface area contributed by atoms with E-state index in [0.29, 0.717) is 6.04 Å². The summed E-state index contributed by atoms with van der Waals surface area (Å²) in [4.78, 5) is 0. The van der Waals surface area contributed by atoms with Gasteiger partial charge in [0.25, 0.3) is 0 Å². The second kappa shape index (κ2) is 4.98. The van der Waals surface area contributed by atoms with Gasteiger partial charge in [0.15, 0.2) is 0 Å². The van der Waals surface area contributed by atoms with Gasteiger partial charge in [0, 0.05) is 6.04 Å². The number of hydrogen-bond acceptors (Lipinski definition) is 2. The summed E-state index contributed by atoms with van der Waals surface area (Å²) in [7, 11) is 1.76. The normalized spacial score (nSPS) is 28.7. The van der Waals surface area contributed by atoms with Crippen molar-refractivity contribution in [2.45, 2.75) is 57.9 Å². The lowest BCUT2D eigenvalue weighted by atomic mass is 9.86. The maximum absolute atomic E-state index is 5.54. The molecule has 3 rings (SSSR count). The maximum Gasteiger partial charge on any atom is 0.141 e. The quantitative estimate of drug-likeness (QED) is 0.869. The molecule has 3 unspecified atom stereocenters. The van der Waals surface area contributed by atoms with Gasteiger partial charge in [-0.15, -0.1) is 0 Å². The van der Waals surface area contributed by atoms with Gasteiger partial charge in [0.1, 0.15) is 5.75 Å². The molecule has 2 nitrogen and oxygen atoms in total. The molecule has 0 aliphatic heterocycles. The number of benzene rings is 1. The summed E-state index contributed by atoms with van der Waals surface area (Å²) in [6.45, 7) is 6.78. The van der Waals surface area contributed by atoms with Crippen LogP contribution >= 0.6 is 0 Å². The van der Waals surface area contributed by atoms with Gasteiger partial charge >= 0.3 is 0 Å². The van der Waals surface area contributed by atoms with E-state index < -0.39 is 0 Å². The molecule has 20 heavy (non-hydrogen) atoms. The van der Waals surface area contributed by atoms with E-state index in [2.05, 4.69) is 44.3 Å². The van der Waals surface area contributed by atoms with Crippen molar-refractivity contribution in [2.24, 2.45) is 11.8 Å². The van der Waals surface area contributed by atoms with Crippen molar-refractivity contribution in [1.82, 2.24) is 0 Å². The van der Waals surface area contributed by atoms with Gasteiger partial charge in [-0.2, -0.15) is 0 Å².